The highest BCUT2D eigenvalue weighted by molar-refractivity contribution is 6.30. The van der Waals surface area contributed by atoms with Crippen LogP contribution in [0.4, 0.5) is 18.9 Å². The Bertz CT molecular complexity index is 826. The largest absolute Gasteiger partial charge is 0.478 e. The number of carbonyl (C=O) groups is 1. The number of carbonyl (C=O) groups excluding carboxylic acids is 1. The van der Waals surface area contributed by atoms with Crippen molar-refractivity contribution in [2.45, 2.75) is 25.2 Å². The van der Waals surface area contributed by atoms with Crippen LogP contribution in [-0.4, -0.2) is 23.7 Å². The molecular formula is C18H15ClF3NO3. The van der Waals surface area contributed by atoms with Gasteiger partial charge in [0.2, 0.25) is 0 Å². The van der Waals surface area contributed by atoms with Crippen molar-refractivity contribution in [1.29, 1.82) is 0 Å². The second-order valence-electron chi connectivity index (χ2n) is 5.85. The van der Waals surface area contributed by atoms with Crippen molar-refractivity contribution < 1.29 is 27.8 Å². The first-order valence-electron chi connectivity index (χ1n) is 7.84. The number of halogens is 4. The van der Waals surface area contributed by atoms with E-state index >= 15 is 0 Å². The Kier molecular flexibility index (Phi) is 5.11. The summed E-state index contributed by atoms with van der Waals surface area (Å²) < 4.78 is 44.7. The lowest BCUT2D eigenvalue weighted by Crippen LogP contribution is -2.46. The minimum absolute atomic E-state index is 0.0407. The average Bonchev–Trinajstić information content (AvgIpc) is 2.57. The molecule has 2 aromatic carbocycles. The number of rotatable bonds is 4. The normalized spacial score (nSPS) is 17.0. The van der Waals surface area contributed by atoms with E-state index in [1.807, 2.05) is 0 Å². The summed E-state index contributed by atoms with van der Waals surface area (Å²) in [7, 11) is 0. The third-order valence-electron chi connectivity index (χ3n) is 4.01. The number of amides is 1. The third kappa shape index (κ3) is 3.78. The van der Waals surface area contributed by atoms with E-state index in [9.17, 15) is 18.0 Å². The Labute approximate surface area is 152 Å². The number of ether oxygens (including phenoxy) is 1. The third-order valence-corrected chi connectivity index (χ3v) is 4.24. The number of aliphatic hydroxyl groups is 1. The summed E-state index contributed by atoms with van der Waals surface area (Å²) in [4.78, 5) is 13.9. The summed E-state index contributed by atoms with van der Waals surface area (Å²) in [6.45, 7) is -0.240. The molecule has 0 spiro atoms. The molecular weight excluding hydrogens is 371 g/mol. The van der Waals surface area contributed by atoms with E-state index in [2.05, 4.69) is 0 Å². The van der Waals surface area contributed by atoms with Crippen LogP contribution in [0.1, 0.15) is 17.5 Å². The molecule has 1 N–H and O–H groups in total. The molecule has 1 atom stereocenters. The molecule has 0 saturated heterocycles. The lowest BCUT2D eigenvalue weighted by Gasteiger charge is -2.34. The molecule has 0 saturated carbocycles. The first kappa shape index (κ1) is 18.5. The smallest absolute Gasteiger partial charge is 0.416 e. The van der Waals surface area contributed by atoms with E-state index in [1.54, 1.807) is 24.3 Å². The zero-order valence-corrected chi connectivity index (χ0v) is 14.2. The molecule has 0 aliphatic carbocycles. The first-order chi connectivity index (χ1) is 12.3. The van der Waals surface area contributed by atoms with Crippen molar-refractivity contribution in [3.63, 3.8) is 0 Å². The molecule has 1 aliphatic rings. The maximum absolute atomic E-state index is 13.1. The molecule has 1 aliphatic heterocycles. The van der Waals surface area contributed by atoms with Gasteiger partial charge in [0.05, 0.1) is 17.8 Å². The molecule has 1 amide bonds. The van der Waals surface area contributed by atoms with Crippen molar-refractivity contribution in [3.05, 3.63) is 58.6 Å². The summed E-state index contributed by atoms with van der Waals surface area (Å²) in [5.74, 6) is -0.344. The molecule has 0 bridgehead atoms. The highest BCUT2D eigenvalue weighted by atomic mass is 35.5. The van der Waals surface area contributed by atoms with Gasteiger partial charge in [0.15, 0.2) is 6.10 Å². The van der Waals surface area contributed by atoms with Gasteiger partial charge >= 0.3 is 6.18 Å². The van der Waals surface area contributed by atoms with E-state index in [0.717, 1.165) is 12.1 Å². The summed E-state index contributed by atoms with van der Waals surface area (Å²) in [5, 5.41) is 9.59. The molecule has 3 rings (SSSR count). The standard InChI is InChI=1S/C18H15ClF3NO3/c19-13-3-1-2-11(8-13)10-23-14-9-12(18(20,21)22)4-5-15(14)26-16(6-7-24)17(23)25/h1-5,8-9,16,24H,6-7,10H2. The van der Waals surface area contributed by atoms with E-state index in [1.165, 1.54) is 11.0 Å². The predicted molar refractivity (Wildman–Crippen MR) is 90.2 cm³/mol. The van der Waals surface area contributed by atoms with Crippen LogP contribution in [0.2, 0.25) is 5.02 Å². The number of alkyl halides is 3. The Morgan fingerprint density at radius 3 is 2.62 bits per heavy atom. The van der Waals surface area contributed by atoms with Crippen molar-refractivity contribution in [2.24, 2.45) is 0 Å². The molecule has 138 valence electrons. The van der Waals surface area contributed by atoms with Gasteiger partial charge in [0.1, 0.15) is 5.75 Å². The van der Waals surface area contributed by atoms with Gasteiger partial charge in [-0.1, -0.05) is 23.7 Å². The fraction of sp³-hybridized carbons (Fsp3) is 0.278. The number of nitrogens with zero attached hydrogens (tertiary/aromatic N) is 1. The van der Waals surface area contributed by atoms with Crippen molar-refractivity contribution in [3.8, 4) is 5.75 Å². The zero-order chi connectivity index (χ0) is 18.9. The predicted octanol–water partition coefficient (Wildman–Crippen LogP) is 4.04. The van der Waals surface area contributed by atoms with Gasteiger partial charge in [0.25, 0.3) is 5.91 Å². The van der Waals surface area contributed by atoms with Gasteiger partial charge < -0.3 is 14.7 Å². The lowest BCUT2D eigenvalue weighted by molar-refractivity contribution is -0.137. The SMILES string of the molecule is O=C1C(CCO)Oc2ccc(C(F)(F)F)cc2N1Cc1cccc(Cl)c1. The second-order valence-corrected chi connectivity index (χ2v) is 6.29. The Balaban J connectivity index is 2.03. The van der Waals surface area contributed by atoms with Gasteiger partial charge in [-0.2, -0.15) is 13.2 Å². The fourth-order valence-corrected chi connectivity index (χ4v) is 2.99. The van der Waals surface area contributed by atoms with Gasteiger partial charge in [-0.3, -0.25) is 4.79 Å². The van der Waals surface area contributed by atoms with Gasteiger partial charge in [-0.25, -0.2) is 0 Å². The van der Waals surface area contributed by atoms with E-state index in [-0.39, 0.29) is 31.0 Å². The highest BCUT2D eigenvalue weighted by Crippen LogP contribution is 2.40. The van der Waals surface area contributed by atoms with E-state index < -0.39 is 23.8 Å². The first-order valence-corrected chi connectivity index (χ1v) is 8.22. The molecule has 8 heteroatoms. The Morgan fingerprint density at radius 2 is 1.96 bits per heavy atom. The average molecular weight is 386 g/mol. The van der Waals surface area contributed by atoms with Gasteiger partial charge in [-0.15, -0.1) is 0 Å². The molecule has 0 fully saturated rings. The molecule has 0 aromatic heterocycles. The molecule has 0 radical (unpaired) electrons. The van der Waals surface area contributed by atoms with Crippen molar-refractivity contribution in [1.82, 2.24) is 0 Å². The number of anilines is 1. The molecule has 26 heavy (non-hydrogen) atoms. The molecule has 4 nitrogen and oxygen atoms in total. The minimum atomic E-state index is -4.54. The van der Waals surface area contributed by atoms with E-state index in [0.29, 0.717) is 10.6 Å². The van der Waals surface area contributed by atoms with Crippen LogP contribution >= 0.6 is 11.6 Å². The van der Waals surface area contributed by atoms with Crippen molar-refractivity contribution in [2.75, 3.05) is 11.5 Å². The fourth-order valence-electron chi connectivity index (χ4n) is 2.78. The Morgan fingerprint density at radius 1 is 1.19 bits per heavy atom. The van der Waals surface area contributed by atoms with Gasteiger partial charge in [0, 0.05) is 18.1 Å². The van der Waals surface area contributed by atoms with E-state index in [4.69, 9.17) is 21.4 Å². The van der Waals surface area contributed by atoms with Crippen LogP contribution < -0.4 is 9.64 Å². The highest BCUT2D eigenvalue weighted by Gasteiger charge is 2.37. The maximum atomic E-state index is 13.1. The maximum Gasteiger partial charge on any atom is 0.416 e. The molecule has 1 heterocycles. The van der Waals surface area contributed by atoms with Crippen LogP contribution in [0.25, 0.3) is 0 Å². The lowest BCUT2D eigenvalue weighted by atomic mass is 10.1. The topological polar surface area (TPSA) is 49.8 Å². The van der Waals surface area contributed by atoms with Crippen LogP contribution in [0.15, 0.2) is 42.5 Å². The quantitative estimate of drug-likeness (QED) is 0.864. The summed E-state index contributed by atoms with van der Waals surface area (Å²) in [5.41, 5.74) is -0.165. The van der Waals surface area contributed by atoms with Gasteiger partial charge in [-0.05, 0) is 35.9 Å². The zero-order valence-electron chi connectivity index (χ0n) is 13.5. The van der Waals surface area contributed by atoms with Crippen LogP contribution in [0.3, 0.4) is 0 Å². The van der Waals surface area contributed by atoms with Crippen molar-refractivity contribution >= 4 is 23.2 Å². The minimum Gasteiger partial charge on any atom is -0.478 e. The summed E-state index contributed by atoms with van der Waals surface area (Å²) in [6.07, 6.45) is -5.45. The number of aliphatic hydroxyl groups excluding tert-OH is 1. The molecule has 2 aromatic rings. The van der Waals surface area contributed by atoms with Crippen LogP contribution in [0, 0.1) is 0 Å². The Hall–Kier alpha value is -2.25. The number of hydrogen-bond acceptors (Lipinski definition) is 3. The summed E-state index contributed by atoms with van der Waals surface area (Å²) >= 11 is 5.95. The number of benzene rings is 2. The summed E-state index contributed by atoms with van der Waals surface area (Å²) in [6, 6.07) is 9.72. The molecule has 1 unspecified atom stereocenters. The number of hydrogen-bond donors (Lipinski definition) is 1. The second kappa shape index (κ2) is 7.17. The van der Waals surface area contributed by atoms with Crippen LogP contribution in [-0.2, 0) is 17.5 Å². The monoisotopic (exact) mass is 385 g/mol. The number of fused-ring (bicyclic) bond motifs is 1. The van der Waals surface area contributed by atoms with Crippen LogP contribution in [0.5, 0.6) is 5.75 Å².